The molecule has 0 saturated carbocycles. The molecule has 1 aromatic heterocycles. The summed E-state index contributed by atoms with van der Waals surface area (Å²) in [7, 11) is 0.592. The molecule has 12 heteroatoms. The number of hydrogen-bond acceptors (Lipinski definition) is 6. The number of phenolic OH excluding ortho intramolecular Hbond substituents is 1. The van der Waals surface area contributed by atoms with E-state index in [1.165, 1.54) is 61.4 Å². The van der Waals surface area contributed by atoms with E-state index in [2.05, 4.69) is 4.98 Å². The van der Waals surface area contributed by atoms with Gasteiger partial charge in [-0.05, 0) is 53.4 Å². The second kappa shape index (κ2) is 10.7. The maximum absolute atomic E-state index is 14.1. The molecular formula is C30H28F2N4O5S. The molecule has 218 valence electrons. The highest BCUT2D eigenvalue weighted by Gasteiger charge is 2.37. The Balaban J connectivity index is 1.63. The minimum absolute atomic E-state index is 0.0440. The number of fused-ring (bicyclic) bond motifs is 2. The van der Waals surface area contributed by atoms with E-state index in [9.17, 15) is 31.9 Å². The van der Waals surface area contributed by atoms with Crippen molar-refractivity contribution in [2.45, 2.75) is 19.5 Å². The zero-order valence-electron chi connectivity index (χ0n) is 23.4. The smallest absolute Gasteiger partial charge is 0.258 e. The molecule has 0 bridgehead atoms. The topological polar surface area (TPSA) is 111 Å². The predicted molar refractivity (Wildman–Crippen MR) is 154 cm³/mol. The van der Waals surface area contributed by atoms with Crippen LogP contribution in [0, 0.1) is 11.6 Å². The van der Waals surface area contributed by atoms with E-state index in [0.29, 0.717) is 22.9 Å². The first-order valence-corrected chi connectivity index (χ1v) is 14.7. The maximum Gasteiger partial charge on any atom is 0.258 e. The lowest BCUT2D eigenvalue weighted by Crippen LogP contribution is -2.28. The fourth-order valence-electron chi connectivity index (χ4n) is 5.14. The largest absolute Gasteiger partial charge is 0.505 e. The molecule has 1 aliphatic heterocycles. The zero-order valence-corrected chi connectivity index (χ0v) is 24.2. The second-order valence-corrected chi connectivity index (χ2v) is 12.5. The van der Waals surface area contributed by atoms with Gasteiger partial charge in [0.2, 0.25) is 10.0 Å². The average Bonchev–Trinajstić information content (AvgIpc) is 3.25. The minimum atomic E-state index is -3.82. The third-order valence-corrected chi connectivity index (χ3v) is 8.48. The van der Waals surface area contributed by atoms with Crippen LogP contribution in [0.2, 0.25) is 0 Å². The van der Waals surface area contributed by atoms with Crippen molar-refractivity contribution in [2.24, 2.45) is 0 Å². The zero-order chi connectivity index (χ0) is 30.5. The van der Waals surface area contributed by atoms with Crippen molar-refractivity contribution in [3.05, 3.63) is 99.7 Å². The number of halogens is 2. The van der Waals surface area contributed by atoms with Crippen LogP contribution < -0.4 is 4.31 Å². The lowest BCUT2D eigenvalue weighted by atomic mass is 9.98. The molecule has 2 amide bonds. The van der Waals surface area contributed by atoms with Gasteiger partial charge in [-0.15, -0.1) is 0 Å². The van der Waals surface area contributed by atoms with E-state index in [4.69, 9.17) is 0 Å². The molecule has 0 spiro atoms. The summed E-state index contributed by atoms with van der Waals surface area (Å²) in [5.74, 6) is -2.41. The van der Waals surface area contributed by atoms with Crippen molar-refractivity contribution in [1.29, 1.82) is 0 Å². The van der Waals surface area contributed by atoms with Crippen LogP contribution in [-0.4, -0.2) is 67.5 Å². The van der Waals surface area contributed by atoms with Gasteiger partial charge in [-0.1, -0.05) is 18.2 Å². The minimum Gasteiger partial charge on any atom is -0.505 e. The standard InChI is InChI=1S/C30H28F2N4O5S/c1-34(2)29(38)22-13-21(32)10-7-19(22)15-36-16-24-25(30(36)39)28(37)26-23(27(24)35(3)42(4,40)41)12-18(14-33-26)11-17-5-8-20(31)9-6-17/h5-10,12-14,37H,11,15-16H2,1-4H3. The first kappa shape index (κ1) is 28.9. The Kier molecular flexibility index (Phi) is 7.35. The predicted octanol–water partition coefficient (Wildman–Crippen LogP) is 4.06. The lowest BCUT2D eigenvalue weighted by Gasteiger charge is -2.23. The number of carbonyl (C=O) groups excluding carboxylic acids is 2. The van der Waals surface area contributed by atoms with Gasteiger partial charge in [0, 0.05) is 56.9 Å². The Morgan fingerprint density at radius 3 is 2.33 bits per heavy atom. The maximum atomic E-state index is 14.1. The molecule has 0 fully saturated rings. The summed E-state index contributed by atoms with van der Waals surface area (Å²) in [6.07, 6.45) is 2.90. The number of pyridine rings is 1. The number of sulfonamides is 1. The van der Waals surface area contributed by atoms with Crippen LogP contribution in [0.3, 0.4) is 0 Å². The monoisotopic (exact) mass is 594 g/mol. The Bertz CT molecular complexity index is 1860. The molecular weight excluding hydrogens is 566 g/mol. The number of rotatable bonds is 7. The van der Waals surface area contributed by atoms with E-state index in [-0.39, 0.29) is 46.8 Å². The average molecular weight is 595 g/mol. The number of carbonyl (C=O) groups is 2. The molecule has 2 heterocycles. The highest BCUT2D eigenvalue weighted by Crippen LogP contribution is 2.45. The van der Waals surface area contributed by atoms with E-state index in [0.717, 1.165) is 22.2 Å². The third kappa shape index (κ3) is 5.25. The number of hydrogen-bond donors (Lipinski definition) is 1. The van der Waals surface area contributed by atoms with Crippen molar-refractivity contribution >= 4 is 38.4 Å². The Morgan fingerprint density at radius 1 is 1.02 bits per heavy atom. The summed E-state index contributed by atoms with van der Waals surface area (Å²) >= 11 is 0. The van der Waals surface area contributed by atoms with Crippen LogP contribution in [0.4, 0.5) is 14.5 Å². The molecule has 1 aliphatic rings. The third-order valence-electron chi connectivity index (χ3n) is 7.30. The number of phenols is 1. The SMILES string of the molecule is CN(C)C(=O)c1cc(F)ccc1CN1Cc2c(c(O)c3ncc(Cc4ccc(F)cc4)cc3c2N(C)S(C)(=O)=O)C1=O. The normalized spacial score (nSPS) is 13.0. The van der Waals surface area contributed by atoms with E-state index in [1.54, 1.807) is 18.2 Å². The molecule has 0 unspecified atom stereocenters. The van der Waals surface area contributed by atoms with Gasteiger partial charge in [0.05, 0.1) is 17.5 Å². The van der Waals surface area contributed by atoms with Gasteiger partial charge in [0.15, 0.2) is 5.75 Å². The molecule has 0 aliphatic carbocycles. The summed E-state index contributed by atoms with van der Waals surface area (Å²) in [5, 5.41) is 11.6. The van der Waals surface area contributed by atoms with Gasteiger partial charge in [0.25, 0.3) is 11.8 Å². The summed E-state index contributed by atoms with van der Waals surface area (Å²) in [6.45, 7) is -0.175. The van der Waals surface area contributed by atoms with E-state index < -0.39 is 33.4 Å². The number of aromatic hydroxyl groups is 1. The molecule has 0 saturated heterocycles. The van der Waals surface area contributed by atoms with Gasteiger partial charge < -0.3 is 14.9 Å². The fraction of sp³-hybridized carbons (Fsp3) is 0.233. The molecule has 4 aromatic rings. The van der Waals surface area contributed by atoms with Crippen LogP contribution >= 0.6 is 0 Å². The summed E-state index contributed by atoms with van der Waals surface area (Å²) < 4.78 is 54.1. The number of benzene rings is 3. The van der Waals surface area contributed by atoms with Gasteiger partial charge in [0.1, 0.15) is 17.2 Å². The van der Waals surface area contributed by atoms with Crippen molar-refractivity contribution in [3.63, 3.8) is 0 Å². The van der Waals surface area contributed by atoms with E-state index in [1.807, 2.05) is 0 Å². The molecule has 3 aromatic carbocycles. The molecule has 0 radical (unpaired) electrons. The summed E-state index contributed by atoms with van der Waals surface area (Å²) in [5.41, 5.74) is 2.36. The van der Waals surface area contributed by atoms with Crippen molar-refractivity contribution in [3.8, 4) is 5.75 Å². The van der Waals surface area contributed by atoms with Crippen molar-refractivity contribution < 1.29 is 31.9 Å². The van der Waals surface area contributed by atoms with Crippen LogP contribution in [-0.2, 0) is 29.5 Å². The van der Waals surface area contributed by atoms with Gasteiger partial charge in [-0.2, -0.15) is 0 Å². The highest BCUT2D eigenvalue weighted by molar-refractivity contribution is 7.92. The van der Waals surface area contributed by atoms with Gasteiger partial charge in [-0.3, -0.25) is 18.9 Å². The van der Waals surface area contributed by atoms with Gasteiger partial charge in [-0.25, -0.2) is 17.2 Å². The Morgan fingerprint density at radius 2 is 1.69 bits per heavy atom. The van der Waals surface area contributed by atoms with E-state index >= 15 is 0 Å². The quantitative estimate of drug-likeness (QED) is 0.346. The molecule has 42 heavy (non-hydrogen) atoms. The van der Waals surface area contributed by atoms with Crippen LogP contribution in [0.5, 0.6) is 5.75 Å². The lowest BCUT2D eigenvalue weighted by molar-refractivity contribution is 0.0755. The number of anilines is 1. The Labute approximate surface area is 241 Å². The fourth-order valence-corrected chi connectivity index (χ4v) is 5.68. The number of nitrogens with zero attached hydrogens (tertiary/aromatic N) is 4. The second-order valence-electron chi connectivity index (χ2n) is 10.5. The van der Waals surface area contributed by atoms with Crippen LogP contribution in [0.1, 0.15) is 43.0 Å². The molecule has 5 rings (SSSR count). The highest BCUT2D eigenvalue weighted by atomic mass is 32.2. The Hall–Kier alpha value is -4.58. The first-order chi connectivity index (χ1) is 19.8. The molecule has 9 nitrogen and oxygen atoms in total. The van der Waals surface area contributed by atoms with Crippen molar-refractivity contribution in [1.82, 2.24) is 14.8 Å². The molecule has 1 N–H and O–H groups in total. The molecule has 0 atom stereocenters. The van der Waals surface area contributed by atoms with Crippen LogP contribution in [0.15, 0.2) is 54.7 Å². The van der Waals surface area contributed by atoms with Gasteiger partial charge >= 0.3 is 0 Å². The summed E-state index contributed by atoms with van der Waals surface area (Å²) in [4.78, 5) is 33.5. The summed E-state index contributed by atoms with van der Waals surface area (Å²) in [6, 6.07) is 11.3. The number of aromatic nitrogens is 1. The van der Waals surface area contributed by atoms with Crippen LogP contribution in [0.25, 0.3) is 10.9 Å². The first-order valence-electron chi connectivity index (χ1n) is 12.9. The number of amides is 2. The van der Waals surface area contributed by atoms with Crippen molar-refractivity contribution in [2.75, 3.05) is 31.7 Å².